The number of imidazole rings is 1. The minimum Gasteiger partial charge on any atom is -0.444 e. The Morgan fingerprint density at radius 3 is 2.71 bits per heavy atom. The molecule has 1 amide bonds. The van der Waals surface area contributed by atoms with Crippen LogP contribution in [0, 0.1) is 0 Å². The smallest absolute Gasteiger partial charge is 0.408 e. The highest BCUT2D eigenvalue weighted by atomic mass is 32.2. The number of thioether (sulfide) groups is 1. The van der Waals surface area contributed by atoms with Gasteiger partial charge in [0.1, 0.15) is 5.60 Å². The van der Waals surface area contributed by atoms with Crippen molar-refractivity contribution in [2.75, 3.05) is 12.0 Å². The van der Waals surface area contributed by atoms with E-state index in [0.717, 1.165) is 17.9 Å². The summed E-state index contributed by atoms with van der Waals surface area (Å²) < 4.78 is 7.41. The van der Waals surface area contributed by atoms with Gasteiger partial charge < -0.3 is 14.6 Å². The Bertz CT molecular complexity index is 454. The summed E-state index contributed by atoms with van der Waals surface area (Å²) in [4.78, 5) is 16.1. The summed E-state index contributed by atoms with van der Waals surface area (Å²) in [5.41, 5.74) is 0.504. The van der Waals surface area contributed by atoms with Crippen LogP contribution in [-0.2, 0) is 4.74 Å². The van der Waals surface area contributed by atoms with Gasteiger partial charge in [-0.25, -0.2) is 9.78 Å². The van der Waals surface area contributed by atoms with E-state index in [9.17, 15) is 4.79 Å². The number of hydrogen-bond acceptors (Lipinski definition) is 4. The standard InChI is InChI=1S/C15H27N3O2S/c1-11(7-8-21-6)18-10-16-9-13(18)12(2)17-14(19)20-15(3,4)5/h9-12H,7-8H2,1-6H3,(H,17,19)/t11?,12-/m0/s1. The Hall–Kier alpha value is -1.17. The summed E-state index contributed by atoms with van der Waals surface area (Å²) in [7, 11) is 0. The van der Waals surface area contributed by atoms with Crippen molar-refractivity contribution in [2.45, 2.75) is 58.7 Å². The third-order valence-corrected chi connectivity index (χ3v) is 3.73. The maximum absolute atomic E-state index is 11.9. The van der Waals surface area contributed by atoms with Gasteiger partial charge in [-0.2, -0.15) is 11.8 Å². The molecule has 0 bridgehead atoms. The summed E-state index contributed by atoms with van der Waals surface area (Å²) in [5, 5.41) is 2.86. The molecule has 0 aliphatic heterocycles. The van der Waals surface area contributed by atoms with Gasteiger partial charge in [0.15, 0.2) is 0 Å². The quantitative estimate of drug-likeness (QED) is 0.868. The van der Waals surface area contributed by atoms with Gasteiger partial charge in [-0.3, -0.25) is 0 Å². The number of rotatable bonds is 6. The number of carbonyl (C=O) groups excluding carboxylic acids is 1. The van der Waals surface area contributed by atoms with E-state index in [1.807, 2.05) is 45.8 Å². The number of nitrogens with one attached hydrogen (secondary N) is 1. The van der Waals surface area contributed by atoms with Crippen LogP contribution in [0.5, 0.6) is 0 Å². The second-order valence-corrected chi connectivity index (χ2v) is 7.21. The SMILES string of the molecule is CSCCC(C)n1cncc1[C@H](C)NC(=O)OC(C)(C)C. The molecule has 1 N–H and O–H groups in total. The van der Waals surface area contributed by atoms with Crippen molar-refractivity contribution in [3.05, 3.63) is 18.2 Å². The molecule has 1 heterocycles. The van der Waals surface area contributed by atoms with E-state index in [4.69, 9.17) is 4.74 Å². The van der Waals surface area contributed by atoms with Crippen LogP contribution < -0.4 is 5.32 Å². The average molecular weight is 313 g/mol. The highest BCUT2D eigenvalue weighted by Crippen LogP contribution is 2.21. The second kappa shape index (κ2) is 7.73. The highest BCUT2D eigenvalue weighted by molar-refractivity contribution is 7.98. The van der Waals surface area contributed by atoms with Crippen LogP contribution in [0.3, 0.4) is 0 Å². The predicted molar refractivity (Wildman–Crippen MR) is 87.7 cm³/mol. The first-order chi connectivity index (χ1) is 9.74. The fourth-order valence-electron chi connectivity index (χ4n) is 2.00. The minimum absolute atomic E-state index is 0.140. The summed E-state index contributed by atoms with van der Waals surface area (Å²) in [6.07, 6.45) is 6.41. The molecule has 21 heavy (non-hydrogen) atoms. The molecule has 0 fully saturated rings. The molecule has 0 aliphatic carbocycles. The van der Waals surface area contributed by atoms with Crippen molar-refractivity contribution < 1.29 is 9.53 Å². The number of hydrogen-bond donors (Lipinski definition) is 1. The molecule has 6 heteroatoms. The predicted octanol–water partition coefficient (Wildman–Crippen LogP) is 3.78. The lowest BCUT2D eigenvalue weighted by Crippen LogP contribution is -2.34. The maximum Gasteiger partial charge on any atom is 0.408 e. The van der Waals surface area contributed by atoms with Gasteiger partial charge in [-0.05, 0) is 53.0 Å². The van der Waals surface area contributed by atoms with Gasteiger partial charge in [-0.1, -0.05) is 0 Å². The van der Waals surface area contributed by atoms with E-state index in [2.05, 4.69) is 28.0 Å². The molecule has 0 radical (unpaired) electrons. The topological polar surface area (TPSA) is 56.2 Å². The van der Waals surface area contributed by atoms with Crippen LogP contribution in [0.1, 0.15) is 58.8 Å². The minimum atomic E-state index is -0.490. The number of ether oxygens (including phenoxy) is 1. The molecule has 2 atom stereocenters. The molecule has 1 unspecified atom stereocenters. The van der Waals surface area contributed by atoms with E-state index in [1.165, 1.54) is 0 Å². The molecular weight excluding hydrogens is 286 g/mol. The van der Waals surface area contributed by atoms with Crippen LogP contribution >= 0.6 is 11.8 Å². The van der Waals surface area contributed by atoms with Gasteiger partial charge in [0, 0.05) is 6.04 Å². The molecule has 0 aliphatic rings. The first kappa shape index (κ1) is 17.9. The molecule has 1 rings (SSSR count). The number of amides is 1. The Balaban J connectivity index is 2.68. The van der Waals surface area contributed by atoms with Gasteiger partial charge in [0.05, 0.1) is 24.3 Å². The van der Waals surface area contributed by atoms with Crippen LogP contribution in [0.15, 0.2) is 12.5 Å². The number of nitrogens with zero attached hydrogens (tertiary/aromatic N) is 2. The van der Waals surface area contributed by atoms with Crippen molar-refractivity contribution in [3.63, 3.8) is 0 Å². The van der Waals surface area contributed by atoms with Crippen molar-refractivity contribution >= 4 is 17.9 Å². The number of carbonyl (C=O) groups is 1. The lowest BCUT2D eigenvalue weighted by atomic mass is 10.2. The lowest BCUT2D eigenvalue weighted by molar-refractivity contribution is 0.0506. The second-order valence-electron chi connectivity index (χ2n) is 6.22. The Kier molecular flexibility index (Phi) is 6.58. The summed E-state index contributed by atoms with van der Waals surface area (Å²) in [6, 6.07) is 0.219. The Morgan fingerprint density at radius 1 is 1.48 bits per heavy atom. The van der Waals surface area contributed by atoms with E-state index in [0.29, 0.717) is 6.04 Å². The molecule has 5 nitrogen and oxygen atoms in total. The van der Waals surface area contributed by atoms with Crippen LogP contribution in [0.2, 0.25) is 0 Å². The zero-order valence-electron chi connectivity index (χ0n) is 13.8. The highest BCUT2D eigenvalue weighted by Gasteiger charge is 2.20. The first-order valence-corrected chi connectivity index (χ1v) is 8.64. The summed E-state index contributed by atoms with van der Waals surface area (Å²) in [5.74, 6) is 1.10. The van der Waals surface area contributed by atoms with Crippen LogP contribution in [-0.4, -0.2) is 33.3 Å². The Morgan fingerprint density at radius 2 is 2.14 bits per heavy atom. The van der Waals surface area contributed by atoms with Gasteiger partial charge in [0.2, 0.25) is 0 Å². The third kappa shape index (κ3) is 5.99. The van der Waals surface area contributed by atoms with Gasteiger partial charge in [-0.15, -0.1) is 0 Å². The molecular formula is C15H27N3O2S. The maximum atomic E-state index is 11.9. The number of aromatic nitrogens is 2. The van der Waals surface area contributed by atoms with Crippen molar-refractivity contribution in [1.82, 2.24) is 14.9 Å². The zero-order chi connectivity index (χ0) is 16.0. The van der Waals surface area contributed by atoms with E-state index >= 15 is 0 Å². The number of alkyl carbamates (subject to hydrolysis) is 1. The first-order valence-electron chi connectivity index (χ1n) is 7.24. The van der Waals surface area contributed by atoms with Gasteiger partial charge >= 0.3 is 6.09 Å². The van der Waals surface area contributed by atoms with Crippen molar-refractivity contribution in [1.29, 1.82) is 0 Å². The van der Waals surface area contributed by atoms with E-state index in [-0.39, 0.29) is 6.04 Å². The molecule has 0 spiro atoms. The molecule has 0 saturated heterocycles. The zero-order valence-corrected chi connectivity index (χ0v) is 14.7. The normalized spacial score (nSPS) is 14.6. The largest absolute Gasteiger partial charge is 0.444 e. The molecule has 0 saturated carbocycles. The summed E-state index contributed by atoms with van der Waals surface area (Å²) in [6.45, 7) is 9.67. The van der Waals surface area contributed by atoms with Crippen LogP contribution in [0.25, 0.3) is 0 Å². The molecule has 1 aromatic rings. The fourth-order valence-corrected chi connectivity index (χ4v) is 2.58. The third-order valence-electron chi connectivity index (χ3n) is 3.09. The fraction of sp³-hybridized carbons (Fsp3) is 0.733. The molecule has 120 valence electrons. The van der Waals surface area contributed by atoms with Crippen molar-refractivity contribution in [3.8, 4) is 0 Å². The Labute approximate surface area is 131 Å². The van der Waals surface area contributed by atoms with E-state index < -0.39 is 11.7 Å². The van der Waals surface area contributed by atoms with E-state index in [1.54, 1.807) is 6.20 Å². The molecule has 0 aromatic carbocycles. The lowest BCUT2D eigenvalue weighted by Gasteiger charge is -2.23. The van der Waals surface area contributed by atoms with Gasteiger partial charge in [0.25, 0.3) is 0 Å². The average Bonchev–Trinajstić information content (AvgIpc) is 2.82. The van der Waals surface area contributed by atoms with Crippen LogP contribution in [0.4, 0.5) is 4.79 Å². The summed E-state index contributed by atoms with van der Waals surface area (Å²) >= 11 is 1.83. The van der Waals surface area contributed by atoms with Crippen molar-refractivity contribution in [2.24, 2.45) is 0 Å². The molecule has 1 aromatic heterocycles. The monoisotopic (exact) mass is 313 g/mol.